The van der Waals surface area contributed by atoms with Crippen LogP contribution < -0.4 is 0 Å². The van der Waals surface area contributed by atoms with Crippen molar-refractivity contribution >= 4 is 0 Å². The summed E-state index contributed by atoms with van der Waals surface area (Å²) in [6.45, 7) is 5.86. The topological polar surface area (TPSA) is 58.9 Å². The number of pyridine rings is 1. The second-order valence-electron chi connectivity index (χ2n) is 5.28. The van der Waals surface area contributed by atoms with Crippen LogP contribution >= 0.6 is 0 Å². The van der Waals surface area contributed by atoms with E-state index < -0.39 is 11.0 Å². The Morgan fingerprint density at radius 3 is 2.17 bits per heavy atom. The lowest BCUT2D eigenvalue weighted by atomic mass is 9.72. The molecular weight excluding hydrogens is 226 g/mol. The van der Waals surface area contributed by atoms with E-state index in [4.69, 9.17) is 0 Å². The number of aromatic nitrogens is 3. The van der Waals surface area contributed by atoms with E-state index in [0.29, 0.717) is 11.4 Å². The van der Waals surface area contributed by atoms with Crippen molar-refractivity contribution in [2.75, 3.05) is 0 Å². The van der Waals surface area contributed by atoms with Crippen LogP contribution in [0.25, 0.3) is 0 Å². The van der Waals surface area contributed by atoms with E-state index in [9.17, 15) is 5.11 Å². The molecule has 18 heavy (non-hydrogen) atoms. The molecule has 0 amide bonds. The first-order valence-electron chi connectivity index (χ1n) is 5.88. The van der Waals surface area contributed by atoms with Crippen LogP contribution in [0.1, 0.15) is 32.2 Å². The molecule has 0 aliphatic carbocycles. The van der Waals surface area contributed by atoms with Crippen LogP contribution in [0.5, 0.6) is 0 Å². The zero-order valence-electron chi connectivity index (χ0n) is 10.8. The summed E-state index contributed by atoms with van der Waals surface area (Å²) >= 11 is 0. The Morgan fingerprint density at radius 2 is 1.67 bits per heavy atom. The van der Waals surface area contributed by atoms with Gasteiger partial charge in [0.05, 0.1) is 5.69 Å². The van der Waals surface area contributed by atoms with Crippen LogP contribution in [0.15, 0.2) is 42.7 Å². The van der Waals surface area contributed by atoms with Crippen molar-refractivity contribution in [1.29, 1.82) is 0 Å². The maximum absolute atomic E-state index is 11.1. The van der Waals surface area contributed by atoms with Gasteiger partial charge in [-0.3, -0.25) is 4.98 Å². The summed E-state index contributed by atoms with van der Waals surface area (Å²) < 4.78 is 0. The molecule has 0 bridgehead atoms. The van der Waals surface area contributed by atoms with E-state index in [-0.39, 0.29) is 0 Å². The van der Waals surface area contributed by atoms with E-state index in [1.165, 1.54) is 0 Å². The van der Waals surface area contributed by atoms with Crippen LogP contribution in [-0.2, 0) is 5.60 Å². The Bertz CT molecular complexity index is 466. The third-order valence-corrected chi connectivity index (χ3v) is 3.06. The van der Waals surface area contributed by atoms with E-state index in [1.54, 1.807) is 30.6 Å². The lowest BCUT2D eigenvalue weighted by molar-refractivity contribution is -0.0339. The van der Waals surface area contributed by atoms with Gasteiger partial charge >= 0.3 is 0 Å². The van der Waals surface area contributed by atoms with E-state index >= 15 is 0 Å². The molecule has 2 rings (SSSR count). The normalized spacial score (nSPS) is 15.1. The molecule has 0 saturated heterocycles. The van der Waals surface area contributed by atoms with Crippen LogP contribution in [0.4, 0.5) is 0 Å². The molecule has 2 heterocycles. The number of nitrogens with zero attached hydrogens (tertiary/aromatic N) is 3. The molecule has 1 atom stereocenters. The van der Waals surface area contributed by atoms with Crippen molar-refractivity contribution in [3.05, 3.63) is 54.1 Å². The van der Waals surface area contributed by atoms with Gasteiger partial charge in [0.2, 0.25) is 0 Å². The molecule has 0 fully saturated rings. The number of hydrogen-bond donors (Lipinski definition) is 1. The van der Waals surface area contributed by atoms with E-state index in [1.807, 2.05) is 32.9 Å². The van der Waals surface area contributed by atoms with E-state index in [2.05, 4.69) is 15.2 Å². The van der Waals surface area contributed by atoms with Gasteiger partial charge < -0.3 is 5.11 Å². The van der Waals surface area contributed by atoms with Gasteiger partial charge in [0.15, 0.2) is 5.60 Å². The summed E-state index contributed by atoms with van der Waals surface area (Å²) in [5, 5.41) is 19.0. The fourth-order valence-electron chi connectivity index (χ4n) is 1.97. The van der Waals surface area contributed by atoms with Gasteiger partial charge in [0.1, 0.15) is 5.69 Å². The van der Waals surface area contributed by atoms with Gasteiger partial charge in [-0.15, -0.1) is 0 Å². The van der Waals surface area contributed by atoms with Crippen LogP contribution in [0, 0.1) is 5.41 Å². The quantitative estimate of drug-likeness (QED) is 0.878. The summed E-state index contributed by atoms with van der Waals surface area (Å²) in [4.78, 5) is 4.28. The predicted molar refractivity (Wildman–Crippen MR) is 68.7 cm³/mol. The summed E-state index contributed by atoms with van der Waals surface area (Å²) in [6, 6.07) is 9.02. The maximum Gasteiger partial charge on any atom is 0.155 e. The number of aliphatic hydroxyl groups is 1. The Balaban J connectivity index is 2.63. The molecule has 4 heteroatoms. The van der Waals surface area contributed by atoms with Gasteiger partial charge in [-0.2, -0.15) is 10.2 Å². The highest BCUT2D eigenvalue weighted by molar-refractivity contribution is 5.29. The minimum absolute atomic E-state index is 0.447. The standard InChI is InChI=1S/C14H17N3O/c1-13(2,3)14(18,11-7-4-5-9-15-11)12-8-6-10-16-17-12/h4-10,18H,1-3H3. The highest BCUT2D eigenvalue weighted by Gasteiger charge is 2.45. The lowest BCUT2D eigenvalue weighted by Crippen LogP contribution is -2.42. The summed E-state index contributed by atoms with van der Waals surface area (Å²) in [7, 11) is 0. The summed E-state index contributed by atoms with van der Waals surface area (Å²) in [5.41, 5.74) is -0.617. The zero-order chi connectivity index (χ0) is 13.2. The summed E-state index contributed by atoms with van der Waals surface area (Å²) in [6.07, 6.45) is 3.26. The van der Waals surface area contributed by atoms with E-state index in [0.717, 1.165) is 0 Å². The first kappa shape index (κ1) is 12.6. The molecule has 4 nitrogen and oxygen atoms in total. The van der Waals surface area contributed by atoms with Crippen LogP contribution in [-0.4, -0.2) is 20.3 Å². The number of rotatable bonds is 2. The second-order valence-corrected chi connectivity index (χ2v) is 5.28. The first-order valence-corrected chi connectivity index (χ1v) is 5.88. The van der Waals surface area contributed by atoms with Gasteiger partial charge in [0, 0.05) is 17.8 Å². The minimum Gasteiger partial charge on any atom is -0.377 e. The smallest absolute Gasteiger partial charge is 0.155 e. The molecule has 0 aliphatic rings. The van der Waals surface area contributed by atoms with Crippen LogP contribution in [0.3, 0.4) is 0 Å². The molecule has 0 spiro atoms. The Morgan fingerprint density at radius 1 is 0.944 bits per heavy atom. The molecule has 0 aliphatic heterocycles. The molecule has 2 aromatic heterocycles. The fourth-order valence-corrected chi connectivity index (χ4v) is 1.97. The van der Waals surface area contributed by atoms with Gasteiger partial charge in [-0.1, -0.05) is 26.8 Å². The molecule has 94 valence electrons. The summed E-state index contributed by atoms with van der Waals surface area (Å²) in [5.74, 6) is 0. The van der Waals surface area contributed by atoms with Crippen molar-refractivity contribution < 1.29 is 5.11 Å². The largest absolute Gasteiger partial charge is 0.377 e. The van der Waals surface area contributed by atoms with Crippen molar-refractivity contribution in [1.82, 2.24) is 15.2 Å². The second kappa shape index (κ2) is 4.46. The lowest BCUT2D eigenvalue weighted by Gasteiger charge is -2.38. The molecule has 2 aromatic rings. The third kappa shape index (κ3) is 1.99. The molecule has 1 unspecified atom stereocenters. The SMILES string of the molecule is CC(C)(C)C(O)(c1ccccn1)c1cccnn1. The first-order chi connectivity index (χ1) is 8.46. The molecule has 0 aromatic carbocycles. The van der Waals surface area contributed by atoms with Gasteiger partial charge in [-0.25, -0.2) is 0 Å². The van der Waals surface area contributed by atoms with Crippen molar-refractivity contribution in [3.63, 3.8) is 0 Å². The Hall–Kier alpha value is -1.81. The van der Waals surface area contributed by atoms with Crippen molar-refractivity contribution in [3.8, 4) is 0 Å². The fraction of sp³-hybridized carbons (Fsp3) is 0.357. The maximum atomic E-state index is 11.1. The third-order valence-electron chi connectivity index (χ3n) is 3.06. The molecular formula is C14H17N3O. The Labute approximate surface area is 107 Å². The molecule has 0 radical (unpaired) electrons. The minimum atomic E-state index is -1.26. The Kier molecular flexibility index (Phi) is 3.13. The van der Waals surface area contributed by atoms with Crippen molar-refractivity contribution in [2.45, 2.75) is 26.4 Å². The van der Waals surface area contributed by atoms with Gasteiger partial charge in [0.25, 0.3) is 0 Å². The highest BCUT2D eigenvalue weighted by atomic mass is 16.3. The molecule has 1 N–H and O–H groups in total. The average Bonchev–Trinajstić information content (AvgIpc) is 2.38. The number of hydrogen-bond acceptors (Lipinski definition) is 4. The van der Waals surface area contributed by atoms with Gasteiger partial charge in [-0.05, 0) is 24.3 Å². The van der Waals surface area contributed by atoms with Crippen LogP contribution in [0.2, 0.25) is 0 Å². The molecule has 0 saturated carbocycles. The average molecular weight is 243 g/mol. The van der Waals surface area contributed by atoms with Crippen molar-refractivity contribution in [2.24, 2.45) is 5.41 Å². The highest BCUT2D eigenvalue weighted by Crippen LogP contribution is 2.42. The zero-order valence-corrected chi connectivity index (χ0v) is 10.8. The predicted octanol–water partition coefficient (Wildman–Crippen LogP) is 2.15. The monoisotopic (exact) mass is 243 g/mol.